The van der Waals surface area contributed by atoms with Crippen molar-refractivity contribution in [2.75, 3.05) is 7.11 Å². The predicted molar refractivity (Wildman–Crippen MR) is 115 cm³/mol. The fourth-order valence-electron chi connectivity index (χ4n) is 7.47. The van der Waals surface area contributed by atoms with Gasteiger partial charge >= 0.3 is 11.9 Å². The molecule has 0 N–H and O–H groups in total. The second kappa shape index (κ2) is 9.00. The van der Waals surface area contributed by atoms with E-state index in [4.69, 9.17) is 9.47 Å². The Morgan fingerprint density at radius 2 is 1.90 bits per heavy atom. The van der Waals surface area contributed by atoms with Crippen LogP contribution in [0, 0.1) is 34.5 Å². The minimum Gasteiger partial charge on any atom is -0.469 e. The third-order valence-electron chi connectivity index (χ3n) is 9.07. The Morgan fingerprint density at radius 1 is 1.17 bits per heavy atom. The number of hydrogen-bond donors (Lipinski definition) is 0. The average molecular weight is 421 g/mol. The van der Waals surface area contributed by atoms with Crippen molar-refractivity contribution in [1.29, 1.82) is 0 Å². The van der Waals surface area contributed by atoms with Crippen LogP contribution in [0.3, 0.4) is 0 Å². The minimum atomic E-state index is -0.226. The van der Waals surface area contributed by atoms with Crippen LogP contribution >= 0.6 is 0 Å². The lowest BCUT2D eigenvalue weighted by Crippen LogP contribution is -2.57. The summed E-state index contributed by atoms with van der Waals surface area (Å²) in [4.78, 5) is 36.8. The van der Waals surface area contributed by atoms with E-state index in [1.165, 1.54) is 14.0 Å². The highest BCUT2D eigenvalue weighted by molar-refractivity contribution is 5.87. The van der Waals surface area contributed by atoms with Crippen LogP contribution in [-0.2, 0) is 23.9 Å². The van der Waals surface area contributed by atoms with Gasteiger partial charge in [0.1, 0.15) is 11.9 Å². The third kappa shape index (κ3) is 4.05. The molecule has 3 aliphatic rings. The summed E-state index contributed by atoms with van der Waals surface area (Å²) in [6, 6.07) is 0. The van der Waals surface area contributed by atoms with Crippen LogP contribution in [0.15, 0.2) is 0 Å². The van der Waals surface area contributed by atoms with Gasteiger partial charge in [-0.3, -0.25) is 14.4 Å². The minimum absolute atomic E-state index is 0.0979. The van der Waals surface area contributed by atoms with Crippen molar-refractivity contribution in [1.82, 2.24) is 0 Å². The summed E-state index contributed by atoms with van der Waals surface area (Å²) in [7, 11) is 1.45. The Hall–Kier alpha value is -1.39. The fraction of sp³-hybridized carbons (Fsp3) is 0.880. The number of rotatable bonds is 7. The van der Waals surface area contributed by atoms with Crippen LogP contribution in [0.5, 0.6) is 0 Å². The van der Waals surface area contributed by atoms with Crippen molar-refractivity contribution in [3.63, 3.8) is 0 Å². The summed E-state index contributed by atoms with van der Waals surface area (Å²) in [5.74, 6) is 1.46. The standard InChI is InChI=1S/C25H40O5/c1-6-7-8-20-21(30-16(2)26)15-17-18-9-10-22(27)25(18,4)13-11-19(17)24(20,3)14-12-23(28)29-5/h17-21H,6-15H2,1-5H3/t17-,18-,19-,20+,21+,24+,25-/m0/s1. The Kier molecular flexibility index (Phi) is 6.98. The number of Topliss-reactive ketones (excluding diaryl/α,β-unsaturated/α-hetero) is 1. The van der Waals surface area contributed by atoms with Gasteiger partial charge in [0.2, 0.25) is 0 Å². The molecule has 3 saturated carbocycles. The maximum absolute atomic E-state index is 12.7. The van der Waals surface area contributed by atoms with E-state index in [9.17, 15) is 14.4 Å². The first-order valence-electron chi connectivity index (χ1n) is 11.9. The van der Waals surface area contributed by atoms with Crippen LogP contribution < -0.4 is 0 Å². The summed E-state index contributed by atoms with van der Waals surface area (Å²) in [5, 5.41) is 0. The van der Waals surface area contributed by atoms with Crippen LogP contribution in [-0.4, -0.2) is 30.9 Å². The van der Waals surface area contributed by atoms with Crippen molar-refractivity contribution < 1.29 is 23.9 Å². The molecular formula is C25H40O5. The number of unbranched alkanes of at least 4 members (excludes halogenated alkanes) is 1. The number of fused-ring (bicyclic) bond motifs is 3. The van der Waals surface area contributed by atoms with Gasteiger partial charge in [0, 0.05) is 31.1 Å². The van der Waals surface area contributed by atoms with Gasteiger partial charge in [-0.2, -0.15) is 0 Å². The van der Waals surface area contributed by atoms with Gasteiger partial charge in [-0.1, -0.05) is 33.6 Å². The Bertz CT molecular complexity index is 672. The lowest BCUT2D eigenvalue weighted by Gasteiger charge is -2.60. The summed E-state index contributed by atoms with van der Waals surface area (Å²) in [5.41, 5.74) is -0.319. The molecule has 170 valence electrons. The fourth-order valence-corrected chi connectivity index (χ4v) is 7.47. The first-order valence-corrected chi connectivity index (χ1v) is 11.9. The normalized spacial score (nSPS) is 40.4. The summed E-state index contributed by atoms with van der Waals surface area (Å²) < 4.78 is 10.9. The molecule has 3 rings (SSSR count). The largest absolute Gasteiger partial charge is 0.469 e. The maximum Gasteiger partial charge on any atom is 0.305 e. The van der Waals surface area contributed by atoms with Crippen LogP contribution in [0.1, 0.15) is 91.9 Å². The average Bonchev–Trinajstić information content (AvgIpc) is 3.00. The quantitative estimate of drug-likeness (QED) is 0.536. The summed E-state index contributed by atoms with van der Waals surface area (Å²) in [6.45, 7) is 8.18. The van der Waals surface area contributed by atoms with Crippen molar-refractivity contribution in [2.45, 2.75) is 98.0 Å². The number of carbonyl (C=O) groups is 3. The molecule has 3 fully saturated rings. The SMILES string of the molecule is CCCC[C@@H]1[C@H](OC(C)=O)C[C@@H]2[C@H](CC[C@]3(C)C(=O)CC[C@@H]23)[C@@]1(C)CCC(=O)OC. The molecule has 0 aromatic heterocycles. The zero-order valence-electron chi connectivity index (χ0n) is 19.5. The molecule has 0 saturated heterocycles. The second-order valence-corrected chi connectivity index (χ2v) is 10.5. The molecule has 0 aromatic rings. The number of hydrogen-bond acceptors (Lipinski definition) is 5. The van der Waals surface area contributed by atoms with E-state index in [0.29, 0.717) is 36.4 Å². The van der Waals surface area contributed by atoms with Crippen molar-refractivity contribution in [2.24, 2.45) is 34.5 Å². The molecule has 5 nitrogen and oxygen atoms in total. The van der Waals surface area contributed by atoms with E-state index in [1.54, 1.807) is 0 Å². The highest BCUT2D eigenvalue weighted by Gasteiger charge is 2.61. The number of ether oxygens (including phenoxy) is 2. The van der Waals surface area contributed by atoms with Gasteiger partial charge in [0.15, 0.2) is 0 Å². The molecule has 0 aromatic carbocycles. The van der Waals surface area contributed by atoms with Gasteiger partial charge in [-0.05, 0) is 61.7 Å². The number of carbonyl (C=O) groups excluding carboxylic acids is 3. The lowest BCUT2D eigenvalue weighted by atomic mass is 9.46. The third-order valence-corrected chi connectivity index (χ3v) is 9.07. The molecule has 5 heteroatoms. The van der Waals surface area contributed by atoms with E-state index in [2.05, 4.69) is 20.8 Å². The molecule has 0 radical (unpaired) electrons. The molecule has 0 bridgehead atoms. The predicted octanol–water partition coefficient (Wildman–Crippen LogP) is 5.10. The van der Waals surface area contributed by atoms with Crippen LogP contribution in [0.25, 0.3) is 0 Å². The van der Waals surface area contributed by atoms with E-state index < -0.39 is 0 Å². The van der Waals surface area contributed by atoms with Crippen molar-refractivity contribution in [3.8, 4) is 0 Å². The Labute approximate surface area is 181 Å². The first kappa shape index (κ1) is 23.3. The number of esters is 2. The monoisotopic (exact) mass is 420 g/mol. The Balaban J connectivity index is 1.98. The van der Waals surface area contributed by atoms with Crippen LogP contribution in [0.2, 0.25) is 0 Å². The van der Waals surface area contributed by atoms with E-state index in [-0.39, 0.29) is 34.8 Å². The summed E-state index contributed by atoms with van der Waals surface area (Å²) >= 11 is 0. The second-order valence-electron chi connectivity index (χ2n) is 10.5. The van der Waals surface area contributed by atoms with Gasteiger partial charge < -0.3 is 9.47 Å². The van der Waals surface area contributed by atoms with Crippen molar-refractivity contribution in [3.05, 3.63) is 0 Å². The topological polar surface area (TPSA) is 69.7 Å². The van der Waals surface area contributed by atoms with E-state index in [1.807, 2.05) is 0 Å². The van der Waals surface area contributed by atoms with Crippen molar-refractivity contribution >= 4 is 17.7 Å². The highest BCUT2D eigenvalue weighted by Crippen LogP contribution is 2.64. The molecule has 0 unspecified atom stereocenters. The molecule has 0 spiro atoms. The summed E-state index contributed by atoms with van der Waals surface area (Å²) in [6.07, 6.45) is 8.69. The number of ketones is 1. The first-order chi connectivity index (χ1) is 14.2. The number of methoxy groups -OCH3 is 1. The molecule has 7 atom stereocenters. The maximum atomic E-state index is 12.7. The van der Waals surface area contributed by atoms with Gasteiger partial charge in [-0.25, -0.2) is 0 Å². The van der Waals surface area contributed by atoms with E-state index >= 15 is 0 Å². The zero-order valence-corrected chi connectivity index (χ0v) is 19.5. The molecule has 30 heavy (non-hydrogen) atoms. The molecule has 0 heterocycles. The van der Waals surface area contributed by atoms with Gasteiger partial charge in [0.25, 0.3) is 0 Å². The van der Waals surface area contributed by atoms with E-state index in [0.717, 1.165) is 51.4 Å². The smallest absolute Gasteiger partial charge is 0.305 e. The molecule has 3 aliphatic carbocycles. The van der Waals surface area contributed by atoms with Crippen LogP contribution in [0.4, 0.5) is 0 Å². The highest BCUT2D eigenvalue weighted by atomic mass is 16.5. The lowest BCUT2D eigenvalue weighted by molar-refractivity contribution is -0.180. The molecule has 0 aliphatic heterocycles. The Morgan fingerprint density at radius 3 is 2.53 bits per heavy atom. The van der Waals surface area contributed by atoms with Gasteiger partial charge in [0.05, 0.1) is 7.11 Å². The van der Waals surface area contributed by atoms with Gasteiger partial charge in [-0.15, -0.1) is 0 Å². The zero-order chi connectivity index (χ0) is 22.1. The molecule has 0 amide bonds. The molecular weight excluding hydrogens is 380 g/mol.